The van der Waals surface area contributed by atoms with Crippen LogP contribution in [0, 0.1) is 22.8 Å². The summed E-state index contributed by atoms with van der Waals surface area (Å²) in [5.41, 5.74) is 5.47. The van der Waals surface area contributed by atoms with Gasteiger partial charge in [-0.15, -0.1) is 29.1 Å². The summed E-state index contributed by atoms with van der Waals surface area (Å²) in [5, 5.41) is 14.7. The Balaban J connectivity index is 0.000000299. The van der Waals surface area contributed by atoms with Gasteiger partial charge >= 0.3 is 0 Å². The number of pyridine rings is 1. The maximum Gasteiger partial charge on any atom is 0.164 e. The van der Waals surface area contributed by atoms with Gasteiger partial charge in [-0.2, -0.15) is 0 Å². The first-order chi connectivity index (χ1) is 24.5. The van der Waals surface area contributed by atoms with Gasteiger partial charge in [0.05, 0.1) is 0 Å². The van der Waals surface area contributed by atoms with Crippen LogP contribution in [0.25, 0.3) is 44.0 Å². The molecule has 53 heavy (non-hydrogen) atoms. The van der Waals surface area contributed by atoms with E-state index in [0.29, 0.717) is 11.8 Å². The van der Waals surface area contributed by atoms with Gasteiger partial charge in [0.1, 0.15) is 28.8 Å². The molecule has 0 spiro atoms. The van der Waals surface area contributed by atoms with Gasteiger partial charge in [0.2, 0.25) is 0 Å². The molecular formula is C47H60IrNO4-. The minimum atomic E-state index is -0.337. The average Bonchev–Trinajstić information content (AvgIpc) is 3.66. The summed E-state index contributed by atoms with van der Waals surface area (Å²) >= 11 is 0. The monoisotopic (exact) mass is 895 g/mol. The second-order valence-electron chi connectivity index (χ2n) is 16.9. The molecule has 5 nitrogen and oxygen atoms in total. The molecule has 287 valence electrons. The van der Waals surface area contributed by atoms with Crippen molar-refractivity contribution in [2.75, 3.05) is 0 Å². The van der Waals surface area contributed by atoms with Crippen molar-refractivity contribution in [1.29, 1.82) is 0 Å². The van der Waals surface area contributed by atoms with Crippen LogP contribution >= 0.6 is 0 Å². The van der Waals surface area contributed by atoms with Gasteiger partial charge in [-0.05, 0) is 61.6 Å². The molecule has 3 heterocycles. The van der Waals surface area contributed by atoms with E-state index in [1.54, 1.807) is 0 Å². The predicted molar refractivity (Wildman–Crippen MR) is 217 cm³/mol. The van der Waals surface area contributed by atoms with Crippen molar-refractivity contribution in [1.82, 2.24) is 4.98 Å². The predicted octanol–water partition coefficient (Wildman–Crippen LogP) is 13.5. The van der Waals surface area contributed by atoms with Gasteiger partial charge in [0.25, 0.3) is 0 Å². The number of aliphatic hydroxyl groups is 1. The van der Waals surface area contributed by atoms with E-state index in [9.17, 15) is 9.90 Å². The zero-order chi connectivity index (χ0) is 38.2. The van der Waals surface area contributed by atoms with Gasteiger partial charge in [-0.1, -0.05) is 112 Å². The average molecular weight is 895 g/mol. The Morgan fingerprint density at radius 3 is 2.17 bits per heavy atom. The standard InChI is InChI=1S/C32H32NO2.C15H28O2.Ir/c1-18(2)15-27-19(3)28-25(34-27)11-12-26-29(28)23-13-14-33-30(31(23)35-26)21-16-20-9-7-8-10-22(20)24(17-21)32(4,5)6;1-7-14(5,8-2)12(16)11-13(17)15(6,9-3)10-4;/h7-14,17-19,27H,15H2,1-6H3;11,16H,7-10H2,1-6H3;/q-1;;/b;12-11-;. The molecule has 1 aliphatic rings. The molecule has 1 radical (unpaired) electrons. The molecule has 0 amide bonds. The number of nitrogens with zero attached hydrogens (tertiary/aromatic N) is 1. The molecule has 5 aromatic rings. The number of benzene rings is 3. The van der Waals surface area contributed by atoms with Gasteiger partial charge < -0.3 is 14.3 Å². The fraction of sp³-hybridized carbons (Fsp3) is 0.489. The first-order valence-corrected chi connectivity index (χ1v) is 19.4. The van der Waals surface area contributed by atoms with E-state index < -0.39 is 0 Å². The molecule has 0 fully saturated rings. The number of allylic oxidation sites excluding steroid dienone is 2. The fourth-order valence-electron chi connectivity index (χ4n) is 7.38. The first-order valence-electron chi connectivity index (χ1n) is 19.4. The van der Waals surface area contributed by atoms with Crippen LogP contribution < -0.4 is 4.74 Å². The molecule has 0 saturated heterocycles. The molecule has 2 unspecified atom stereocenters. The SMILES string of the molecule is CC(C)CC1Oc2ccc3oc4c(-c5[c-]c6ccccc6c(C(C)(C)C)c5)nccc4c3c2C1C.CCC(C)(CC)C(=O)/C=C(\O)C(C)(CC)CC.[Ir]. The van der Waals surface area contributed by atoms with Crippen LogP contribution in [-0.4, -0.2) is 22.0 Å². The summed E-state index contributed by atoms with van der Waals surface area (Å²) in [6.45, 7) is 25.6. The number of aromatic nitrogens is 1. The van der Waals surface area contributed by atoms with E-state index in [2.05, 4.69) is 90.1 Å². The molecule has 0 bridgehead atoms. The molecule has 6 rings (SSSR count). The number of fused-ring (bicyclic) bond motifs is 6. The summed E-state index contributed by atoms with van der Waals surface area (Å²) in [6, 6.07) is 20.6. The summed E-state index contributed by atoms with van der Waals surface area (Å²) in [6.07, 6.45) is 7.90. The second-order valence-corrected chi connectivity index (χ2v) is 16.9. The third-order valence-corrected chi connectivity index (χ3v) is 12.0. The van der Waals surface area contributed by atoms with E-state index in [0.717, 1.165) is 76.4 Å². The number of furan rings is 1. The third kappa shape index (κ3) is 8.30. The Morgan fingerprint density at radius 1 is 0.925 bits per heavy atom. The molecule has 2 atom stereocenters. The molecule has 0 aliphatic carbocycles. The van der Waals surface area contributed by atoms with Crippen LogP contribution in [0.2, 0.25) is 0 Å². The molecule has 1 N–H and O–H groups in total. The van der Waals surface area contributed by atoms with Crippen molar-refractivity contribution in [2.24, 2.45) is 16.7 Å². The van der Waals surface area contributed by atoms with E-state index in [1.807, 2.05) is 53.8 Å². The Morgan fingerprint density at radius 2 is 1.57 bits per heavy atom. The third-order valence-electron chi connectivity index (χ3n) is 12.0. The number of carbonyl (C=O) groups is 1. The number of carbonyl (C=O) groups excluding carboxylic acids is 1. The van der Waals surface area contributed by atoms with Crippen LogP contribution in [0.3, 0.4) is 0 Å². The van der Waals surface area contributed by atoms with Gasteiger partial charge in [0.15, 0.2) is 5.78 Å². The van der Waals surface area contributed by atoms with Gasteiger partial charge in [-0.3, -0.25) is 9.78 Å². The topological polar surface area (TPSA) is 72.6 Å². The van der Waals surface area contributed by atoms with Crippen molar-refractivity contribution in [3.8, 4) is 17.0 Å². The van der Waals surface area contributed by atoms with Crippen LogP contribution in [-0.2, 0) is 30.3 Å². The van der Waals surface area contributed by atoms with E-state index in [-0.39, 0.29) is 54.0 Å². The van der Waals surface area contributed by atoms with Crippen LogP contribution in [0.1, 0.15) is 132 Å². The van der Waals surface area contributed by atoms with Crippen molar-refractivity contribution >= 4 is 38.5 Å². The molecule has 0 saturated carbocycles. The number of aliphatic hydroxyl groups excluding tert-OH is 1. The number of ketones is 1. The largest absolute Gasteiger partial charge is 0.512 e. The van der Waals surface area contributed by atoms with E-state index in [1.165, 1.54) is 22.6 Å². The normalized spacial score (nSPS) is 16.4. The summed E-state index contributed by atoms with van der Waals surface area (Å²) in [4.78, 5) is 17.0. The number of ether oxygens (including phenoxy) is 1. The molecular weight excluding hydrogens is 835 g/mol. The van der Waals surface area contributed by atoms with Gasteiger partial charge in [-0.25, -0.2) is 0 Å². The van der Waals surface area contributed by atoms with Crippen LogP contribution in [0.5, 0.6) is 5.75 Å². The molecule has 1 aliphatic heterocycles. The molecule has 2 aromatic heterocycles. The number of hydrogen-bond acceptors (Lipinski definition) is 5. The molecule has 6 heteroatoms. The van der Waals surface area contributed by atoms with Crippen LogP contribution in [0.4, 0.5) is 0 Å². The van der Waals surface area contributed by atoms with Crippen molar-refractivity contribution in [3.05, 3.63) is 83.8 Å². The minimum absolute atomic E-state index is 0. The zero-order valence-corrected chi connectivity index (χ0v) is 36.4. The minimum Gasteiger partial charge on any atom is -0.512 e. The first kappa shape index (κ1) is 42.3. The van der Waals surface area contributed by atoms with Gasteiger partial charge in [0, 0.05) is 71.2 Å². The quantitative estimate of drug-likeness (QED) is 0.0859. The smallest absolute Gasteiger partial charge is 0.164 e. The maximum absolute atomic E-state index is 12.2. The fourth-order valence-corrected chi connectivity index (χ4v) is 7.38. The van der Waals surface area contributed by atoms with Crippen molar-refractivity contribution in [2.45, 2.75) is 133 Å². The van der Waals surface area contributed by atoms with E-state index >= 15 is 0 Å². The summed E-state index contributed by atoms with van der Waals surface area (Å²) in [7, 11) is 0. The van der Waals surface area contributed by atoms with E-state index in [4.69, 9.17) is 14.1 Å². The summed E-state index contributed by atoms with van der Waals surface area (Å²) in [5.74, 6) is 2.18. The Kier molecular flexibility index (Phi) is 13.2. The maximum atomic E-state index is 12.2. The van der Waals surface area contributed by atoms with Crippen molar-refractivity contribution in [3.63, 3.8) is 0 Å². The molecule has 3 aromatic carbocycles. The summed E-state index contributed by atoms with van der Waals surface area (Å²) < 4.78 is 12.9. The Hall–Kier alpha value is -3.47. The zero-order valence-electron chi connectivity index (χ0n) is 34.0. The second kappa shape index (κ2) is 16.5. The Bertz CT molecular complexity index is 2090. The number of rotatable bonds is 10. The number of hydrogen-bond donors (Lipinski definition) is 1. The Labute approximate surface area is 331 Å². The van der Waals surface area contributed by atoms with Crippen molar-refractivity contribution < 1.29 is 39.2 Å². The van der Waals surface area contributed by atoms with Crippen LogP contribution in [0.15, 0.2) is 71.0 Å².